The van der Waals surface area contributed by atoms with Crippen LogP contribution in [0.2, 0.25) is 5.02 Å². The van der Waals surface area contributed by atoms with Gasteiger partial charge in [-0.25, -0.2) is 8.78 Å². The van der Waals surface area contributed by atoms with E-state index in [1.807, 2.05) is 0 Å². The van der Waals surface area contributed by atoms with Gasteiger partial charge in [0.15, 0.2) is 5.78 Å². The first kappa shape index (κ1) is 13.2. The average Bonchev–Trinajstić information content (AvgIpc) is 2.35. The van der Waals surface area contributed by atoms with Crippen molar-refractivity contribution in [3.63, 3.8) is 0 Å². The Balaban J connectivity index is 2.55. The van der Waals surface area contributed by atoms with Gasteiger partial charge in [0.25, 0.3) is 0 Å². The van der Waals surface area contributed by atoms with E-state index in [9.17, 15) is 13.6 Å². The third-order valence-corrected chi connectivity index (χ3v) is 3.25. The summed E-state index contributed by atoms with van der Waals surface area (Å²) in [5.41, 5.74) is -0.217. The van der Waals surface area contributed by atoms with Crippen molar-refractivity contribution in [1.29, 1.82) is 0 Å². The summed E-state index contributed by atoms with van der Waals surface area (Å²) in [5, 5.41) is -0.304. The molecule has 0 aromatic heterocycles. The molecule has 0 saturated carbocycles. The molecule has 0 spiro atoms. The largest absolute Gasteiger partial charge is 0.288 e. The summed E-state index contributed by atoms with van der Waals surface area (Å²) >= 11 is 8.84. The van der Waals surface area contributed by atoms with Gasteiger partial charge in [-0.3, -0.25) is 4.79 Å². The lowest BCUT2D eigenvalue weighted by molar-refractivity contribution is 0.103. The predicted molar refractivity (Wildman–Crippen MR) is 68.9 cm³/mol. The fourth-order valence-electron chi connectivity index (χ4n) is 1.50. The van der Waals surface area contributed by atoms with Crippen LogP contribution in [0.3, 0.4) is 0 Å². The molecular formula is C13H6BrClF2O. The quantitative estimate of drug-likeness (QED) is 0.734. The van der Waals surface area contributed by atoms with Crippen molar-refractivity contribution in [2.45, 2.75) is 0 Å². The van der Waals surface area contributed by atoms with Crippen LogP contribution in [-0.4, -0.2) is 5.78 Å². The standard InChI is InChI=1S/C13H6BrClF2O/c14-7-4-5-10(16)9(6-7)13(18)8-2-1-3-11(17)12(8)15/h1-6H. The third-order valence-electron chi connectivity index (χ3n) is 2.37. The second-order valence-electron chi connectivity index (χ2n) is 3.55. The maximum atomic E-state index is 13.6. The molecule has 0 N–H and O–H groups in total. The summed E-state index contributed by atoms with van der Waals surface area (Å²) in [4.78, 5) is 12.1. The van der Waals surface area contributed by atoms with Crippen LogP contribution < -0.4 is 0 Å². The summed E-state index contributed by atoms with van der Waals surface area (Å²) in [6, 6.07) is 7.80. The summed E-state index contributed by atoms with van der Waals surface area (Å²) in [6.07, 6.45) is 0. The first-order chi connectivity index (χ1) is 8.50. The van der Waals surface area contributed by atoms with E-state index in [4.69, 9.17) is 11.6 Å². The Kier molecular flexibility index (Phi) is 3.78. The highest BCUT2D eigenvalue weighted by molar-refractivity contribution is 9.10. The molecule has 92 valence electrons. The highest BCUT2D eigenvalue weighted by atomic mass is 79.9. The van der Waals surface area contributed by atoms with Crippen LogP contribution in [0.5, 0.6) is 0 Å². The van der Waals surface area contributed by atoms with Gasteiger partial charge in [0.2, 0.25) is 0 Å². The zero-order valence-corrected chi connectivity index (χ0v) is 11.2. The lowest BCUT2D eigenvalue weighted by Gasteiger charge is -2.06. The first-order valence-corrected chi connectivity index (χ1v) is 6.11. The van der Waals surface area contributed by atoms with E-state index < -0.39 is 17.4 Å². The van der Waals surface area contributed by atoms with E-state index in [1.54, 1.807) is 0 Å². The summed E-state index contributed by atoms with van der Waals surface area (Å²) < 4.78 is 27.4. The van der Waals surface area contributed by atoms with Gasteiger partial charge in [0.05, 0.1) is 10.6 Å². The summed E-state index contributed by atoms with van der Waals surface area (Å²) in [7, 11) is 0. The SMILES string of the molecule is O=C(c1cc(Br)ccc1F)c1cccc(F)c1Cl. The van der Waals surface area contributed by atoms with Crippen molar-refractivity contribution in [2.24, 2.45) is 0 Å². The van der Waals surface area contributed by atoms with Crippen molar-refractivity contribution < 1.29 is 13.6 Å². The molecule has 0 radical (unpaired) electrons. The van der Waals surface area contributed by atoms with E-state index >= 15 is 0 Å². The Morgan fingerprint density at radius 2 is 1.78 bits per heavy atom. The van der Waals surface area contributed by atoms with Crippen LogP contribution >= 0.6 is 27.5 Å². The molecule has 0 saturated heterocycles. The number of hydrogen-bond donors (Lipinski definition) is 0. The number of benzene rings is 2. The highest BCUT2D eigenvalue weighted by Gasteiger charge is 2.18. The molecule has 18 heavy (non-hydrogen) atoms. The molecule has 0 bridgehead atoms. The van der Waals surface area contributed by atoms with E-state index in [-0.39, 0.29) is 16.1 Å². The van der Waals surface area contributed by atoms with Crippen molar-refractivity contribution in [3.8, 4) is 0 Å². The fourth-order valence-corrected chi connectivity index (χ4v) is 2.07. The van der Waals surface area contributed by atoms with Crippen molar-refractivity contribution >= 4 is 33.3 Å². The number of carbonyl (C=O) groups is 1. The smallest absolute Gasteiger partial charge is 0.197 e. The molecule has 0 amide bonds. The molecule has 0 fully saturated rings. The molecule has 0 aliphatic carbocycles. The zero-order valence-electron chi connectivity index (χ0n) is 8.88. The Morgan fingerprint density at radius 1 is 1.06 bits per heavy atom. The van der Waals surface area contributed by atoms with Crippen LogP contribution in [0.1, 0.15) is 15.9 Å². The lowest BCUT2D eigenvalue weighted by Crippen LogP contribution is -2.06. The van der Waals surface area contributed by atoms with Gasteiger partial charge in [0.1, 0.15) is 11.6 Å². The molecule has 0 unspecified atom stereocenters. The van der Waals surface area contributed by atoms with Crippen molar-refractivity contribution in [3.05, 3.63) is 68.7 Å². The normalized spacial score (nSPS) is 10.4. The minimum absolute atomic E-state index is 0.0614. The van der Waals surface area contributed by atoms with Crippen LogP contribution in [0.15, 0.2) is 40.9 Å². The topological polar surface area (TPSA) is 17.1 Å². The molecule has 1 nitrogen and oxygen atoms in total. The maximum absolute atomic E-state index is 13.6. The Labute approximate surface area is 116 Å². The lowest BCUT2D eigenvalue weighted by atomic mass is 10.0. The first-order valence-electron chi connectivity index (χ1n) is 4.94. The van der Waals surface area contributed by atoms with Gasteiger partial charge >= 0.3 is 0 Å². The monoisotopic (exact) mass is 330 g/mol. The second kappa shape index (κ2) is 5.16. The third kappa shape index (κ3) is 2.44. The fraction of sp³-hybridized carbons (Fsp3) is 0. The second-order valence-corrected chi connectivity index (χ2v) is 4.85. The Morgan fingerprint density at radius 3 is 2.50 bits per heavy atom. The molecule has 2 aromatic carbocycles. The Hall–Kier alpha value is -1.26. The molecule has 5 heteroatoms. The number of carbonyl (C=O) groups excluding carboxylic acids is 1. The van der Waals surface area contributed by atoms with Crippen molar-refractivity contribution in [2.75, 3.05) is 0 Å². The number of hydrogen-bond acceptors (Lipinski definition) is 1. The van der Waals surface area contributed by atoms with E-state index in [2.05, 4.69) is 15.9 Å². The van der Waals surface area contributed by atoms with Gasteiger partial charge in [-0.15, -0.1) is 0 Å². The Bertz CT molecular complexity index is 624. The average molecular weight is 332 g/mol. The summed E-state index contributed by atoms with van der Waals surface area (Å²) in [6.45, 7) is 0. The van der Waals surface area contributed by atoms with Gasteiger partial charge in [-0.05, 0) is 30.3 Å². The number of halogens is 4. The number of ketones is 1. The molecule has 2 rings (SSSR count). The van der Waals surface area contributed by atoms with E-state index in [0.29, 0.717) is 4.47 Å². The molecule has 0 atom stereocenters. The molecule has 0 aliphatic rings. The maximum Gasteiger partial charge on any atom is 0.197 e. The molecule has 2 aromatic rings. The van der Waals surface area contributed by atoms with Crippen LogP contribution in [0.4, 0.5) is 8.78 Å². The van der Waals surface area contributed by atoms with Crippen LogP contribution in [0, 0.1) is 11.6 Å². The van der Waals surface area contributed by atoms with Gasteiger partial charge < -0.3 is 0 Å². The highest BCUT2D eigenvalue weighted by Crippen LogP contribution is 2.25. The zero-order chi connectivity index (χ0) is 13.3. The molecule has 0 heterocycles. The minimum atomic E-state index is -0.710. The van der Waals surface area contributed by atoms with Crippen LogP contribution in [-0.2, 0) is 0 Å². The van der Waals surface area contributed by atoms with Crippen molar-refractivity contribution in [1.82, 2.24) is 0 Å². The van der Waals surface area contributed by atoms with Crippen LogP contribution in [0.25, 0.3) is 0 Å². The van der Waals surface area contributed by atoms with E-state index in [0.717, 1.165) is 12.1 Å². The number of rotatable bonds is 2. The van der Waals surface area contributed by atoms with E-state index in [1.165, 1.54) is 24.3 Å². The van der Waals surface area contributed by atoms with Gasteiger partial charge in [-0.1, -0.05) is 33.6 Å². The minimum Gasteiger partial charge on any atom is -0.288 e. The molecular weight excluding hydrogens is 325 g/mol. The van der Waals surface area contributed by atoms with Gasteiger partial charge in [0, 0.05) is 10.0 Å². The molecule has 0 aliphatic heterocycles. The van der Waals surface area contributed by atoms with Gasteiger partial charge in [-0.2, -0.15) is 0 Å². The summed E-state index contributed by atoms with van der Waals surface area (Å²) in [5.74, 6) is -2.04. The predicted octanol–water partition coefficient (Wildman–Crippen LogP) is 4.61.